The highest BCUT2D eigenvalue weighted by Crippen LogP contribution is 2.16. The largest absolute Gasteiger partial charge is 0.352 e. The van der Waals surface area contributed by atoms with Crippen LogP contribution in [0, 0.1) is 0 Å². The molecule has 4 nitrogen and oxygen atoms in total. The summed E-state index contributed by atoms with van der Waals surface area (Å²) in [4.78, 5) is 10.4. The zero-order valence-electron chi connectivity index (χ0n) is 6.55. The summed E-state index contributed by atoms with van der Waals surface area (Å²) in [5.74, 6) is 0. The quantitative estimate of drug-likeness (QED) is 0.497. The molecule has 1 aliphatic carbocycles. The first-order valence-electron chi connectivity index (χ1n) is 4.00. The number of amides is 2. The molecule has 5 N–H and O–H groups in total. The lowest BCUT2D eigenvalue weighted by molar-refractivity contribution is 0.239. The van der Waals surface area contributed by atoms with E-state index in [0.717, 1.165) is 25.7 Å². The Hall–Kier alpha value is -0.770. The zero-order valence-corrected chi connectivity index (χ0v) is 6.55. The van der Waals surface area contributed by atoms with Crippen LogP contribution in [-0.4, -0.2) is 18.1 Å². The smallest absolute Gasteiger partial charge is 0.312 e. The fraction of sp³-hybridized carbons (Fsp3) is 0.857. The van der Waals surface area contributed by atoms with Crippen molar-refractivity contribution in [3.8, 4) is 0 Å². The third-order valence-electron chi connectivity index (χ3n) is 2.12. The van der Waals surface area contributed by atoms with Crippen LogP contribution in [0.2, 0.25) is 0 Å². The van der Waals surface area contributed by atoms with Gasteiger partial charge in [0.05, 0.1) is 0 Å². The van der Waals surface area contributed by atoms with Crippen LogP contribution in [0.25, 0.3) is 0 Å². The second-order valence-corrected chi connectivity index (χ2v) is 3.12. The summed E-state index contributed by atoms with van der Waals surface area (Å²) < 4.78 is 0. The molecule has 64 valence electrons. The molecule has 0 aliphatic heterocycles. The molecule has 11 heavy (non-hydrogen) atoms. The minimum Gasteiger partial charge on any atom is -0.352 e. The lowest BCUT2D eigenvalue weighted by atomic mass is 9.92. The Morgan fingerprint density at radius 2 is 1.82 bits per heavy atom. The molecule has 4 heteroatoms. The summed E-state index contributed by atoms with van der Waals surface area (Å²) in [5, 5.41) is 2.69. The third-order valence-corrected chi connectivity index (χ3v) is 2.12. The molecule has 0 atom stereocenters. The van der Waals surface area contributed by atoms with Gasteiger partial charge in [0.15, 0.2) is 0 Å². The fourth-order valence-electron chi connectivity index (χ4n) is 1.46. The Morgan fingerprint density at radius 1 is 1.27 bits per heavy atom. The standard InChI is InChI=1S/C7H15N3O/c8-5-1-3-6(4-2-5)10-7(9)11/h5-6H,1-4,8H2,(H3,9,10,11). The van der Waals surface area contributed by atoms with Crippen molar-refractivity contribution in [3.63, 3.8) is 0 Å². The predicted molar refractivity (Wildman–Crippen MR) is 43.0 cm³/mol. The zero-order chi connectivity index (χ0) is 8.27. The van der Waals surface area contributed by atoms with Gasteiger partial charge in [0.1, 0.15) is 0 Å². The number of nitrogens with one attached hydrogen (secondary N) is 1. The van der Waals surface area contributed by atoms with Crippen LogP contribution < -0.4 is 16.8 Å². The average Bonchev–Trinajstić information content (AvgIpc) is 1.93. The second kappa shape index (κ2) is 3.57. The van der Waals surface area contributed by atoms with Gasteiger partial charge in [-0.2, -0.15) is 0 Å². The Bertz CT molecular complexity index is 141. The van der Waals surface area contributed by atoms with Gasteiger partial charge in [-0.1, -0.05) is 0 Å². The number of rotatable bonds is 1. The molecule has 0 bridgehead atoms. The first-order valence-corrected chi connectivity index (χ1v) is 4.00. The molecule has 1 fully saturated rings. The third kappa shape index (κ3) is 2.76. The first kappa shape index (κ1) is 8.33. The van der Waals surface area contributed by atoms with Crippen LogP contribution in [0.3, 0.4) is 0 Å². The molecular weight excluding hydrogens is 142 g/mol. The number of hydrogen-bond donors (Lipinski definition) is 3. The molecule has 0 aromatic carbocycles. The maximum Gasteiger partial charge on any atom is 0.312 e. The highest BCUT2D eigenvalue weighted by molar-refractivity contribution is 5.71. The Kier molecular flexibility index (Phi) is 2.70. The summed E-state index contributed by atoms with van der Waals surface area (Å²) in [7, 11) is 0. The molecule has 0 heterocycles. The minimum absolute atomic E-state index is 0.257. The van der Waals surface area contributed by atoms with E-state index in [2.05, 4.69) is 5.32 Å². The van der Waals surface area contributed by atoms with Gasteiger partial charge >= 0.3 is 6.03 Å². The number of carbonyl (C=O) groups excluding carboxylic acids is 1. The summed E-state index contributed by atoms with van der Waals surface area (Å²) in [6.45, 7) is 0. The molecule has 0 aromatic rings. The normalized spacial score (nSPS) is 31.4. The van der Waals surface area contributed by atoms with E-state index in [9.17, 15) is 4.79 Å². The average molecular weight is 157 g/mol. The van der Waals surface area contributed by atoms with Gasteiger partial charge in [-0.05, 0) is 25.7 Å². The van der Waals surface area contributed by atoms with Crippen LogP contribution in [0.15, 0.2) is 0 Å². The van der Waals surface area contributed by atoms with Gasteiger partial charge in [0, 0.05) is 12.1 Å². The SMILES string of the molecule is NC(=O)NC1CCC(N)CC1. The molecule has 0 saturated heterocycles. The highest BCUT2D eigenvalue weighted by atomic mass is 16.2. The van der Waals surface area contributed by atoms with Crippen molar-refractivity contribution in [2.24, 2.45) is 11.5 Å². The van der Waals surface area contributed by atoms with Crippen molar-refractivity contribution in [1.29, 1.82) is 0 Å². The number of nitrogens with two attached hydrogens (primary N) is 2. The summed E-state index contributed by atoms with van der Waals surface area (Å²) in [5.41, 5.74) is 10.7. The van der Waals surface area contributed by atoms with E-state index >= 15 is 0 Å². The molecule has 2 amide bonds. The number of hydrogen-bond acceptors (Lipinski definition) is 2. The fourth-order valence-corrected chi connectivity index (χ4v) is 1.46. The van der Waals surface area contributed by atoms with Crippen molar-refractivity contribution in [2.45, 2.75) is 37.8 Å². The molecular formula is C7H15N3O. The Balaban J connectivity index is 2.22. The van der Waals surface area contributed by atoms with Gasteiger partial charge in [0.25, 0.3) is 0 Å². The number of primary amides is 1. The van der Waals surface area contributed by atoms with E-state index in [1.54, 1.807) is 0 Å². The molecule has 0 spiro atoms. The van der Waals surface area contributed by atoms with Crippen molar-refractivity contribution < 1.29 is 4.79 Å². The van der Waals surface area contributed by atoms with Gasteiger partial charge in [-0.3, -0.25) is 0 Å². The highest BCUT2D eigenvalue weighted by Gasteiger charge is 2.18. The molecule has 1 saturated carbocycles. The maximum atomic E-state index is 10.4. The number of carbonyl (C=O) groups is 1. The van der Waals surface area contributed by atoms with E-state index in [0.29, 0.717) is 6.04 Å². The molecule has 1 rings (SSSR count). The Labute approximate surface area is 66.3 Å². The van der Waals surface area contributed by atoms with E-state index in [1.807, 2.05) is 0 Å². The van der Waals surface area contributed by atoms with Crippen molar-refractivity contribution in [3.05, 3.63) is 0 Å². The summed E-state index contributed by atoms with van der Waals surface area (Å²) in [6.07, 6.45) is 3.91. The molecule has 0 radical (unpaired) electrons. The monoisotopic (exact) mass is 157 g/mol. The minimum atomic E-state index is -0.425. The molecule has 0 aromatic heterocycles. The van der Waals surface area contributed by atoms with Crippen LogP contribution in [0.1, 0.15) is 25.7 Å². The van der Waals surface area contributed by atoms with Crippen molar-refractivity contribution in [2.75, 3.05) is 0 Å². The second-order valence-electron chi connectivity index (χ2n) is 3.12. The Morgan fingerprint density at radius 3 is 2.27 bits per heavy atom. The summed E-state index contributed by atoms with van der Waals surface area (Å²) >= 11 is 0. The lowest BCUT2D eigenvalue weighted by Gasteiger charge is -2.25. The molecule has 1 aliphatic rings. The van der Waals surface area contributed by atoms with Gasteiger partial charge < -0.3 is 16.8 Å². The van der Waals surface area contributed by atoms with Crippen molar-refractivity contribution >= 4 is 6.03 Å². The van der Waals surface area contributed by atoms with Gasteiger partial charge in [0.2, 0.25) is 0 Å². The first-order chi connectivity index (χ1) is 5.18. The van der Waals surface area contributed by atoms with Crippen molar-refractivity contribution in [1.82, 2.24) is 5.32 Å². The number of urea groups is 1. The van der Waals surface area contributed by atoms with Crippen LogP contribution in [0.4, 0.5) is 4.79 Å². The van der Waals surface area contributed by atoms with Gasteiger partial charge in [-0.15, -0.1) is 0 Å². The van der Waals surface area contributed by atoms with E-state index in [4.69, 9.17) is 11.5 Å². The molecule has 0 unspecified atom stereocenters. The van der Waals surface area contributed by atoms with Crippen LogP contribution in [0.5, 0.6) is 0 Å². The van der Waals surface area contributed by atoms with E-state index in [-0.39, 0.29) is 6.04 Å². The maximum absolute atomic E-state index is 10.4. The lowest BCUT2D eigenvalue weighted by Crippen LogP contribution is -2.42. The van der Waals surface area contributed by atoms with E-state index < -0.39 is 6.03 Å². The van der Waals surface area contributed by atoms with Crippen LogP contribution in [-0.2, 0) is 0 Å². The summed E-state index contributed by atoms with van der Waals surface area (Å²) in [6, 6.07) is 0.152. The van der Waals surface area contributed by atoms with Crippen LogP contribution >= 0.6 is 0 Å². The van der Waals surface area contributed by atoms with E-state index in [1.165, 1.54) is 0 Å². The van der Waals surface area contributed by atoms with Gasteiger partial charge in [-0.25, -0.2) is 4.79 Å². The predicted octanol–water partition coefficient (Wildman–Crippen LogP) is -0.0754. The topological polar surface area (TPSA) is 81.1 Å².